The normalized spacial score (nSPS) is 13.0. The van der Waals surface area contributed by atoms with E-state index in [4.69, 9.17) is 18.3 Å². The van der Waals surface area contributed by atoms with Gasteiger partial charge in [0.15, 0.2) is 0 Å². The largest absolute Gasteiger partial charge is 0.510 e. The van der Waals surface area contributed by atoms with Gasteiger partial charge in [0.2, 0.25) is 5.88 Å². The fraction of sp³-hybridized carbons (Fsp3) is 0.0303. The molecule has 0 atom stereocenters. The first-order valence-electron chi connectivity index (χ1n) is 12.7. The summed E-state index contributed by atoms with van der Waals surface area (Å²) in [6.07, 6.45) is 5.63. The summed E-state index contributed by atoms with van der Waals surface area (Å²) in [7, 11) is 1.98. The Balaban J connectivity index is 0.00000276. The van der Waals surface area contributed by atoms with Crippen LogP contribution in [0.4, 0.5) is 5.69 Å². The second-order valence-corrected chi connectivity index (χ2v) is 9.48. The van der Waals surface area contributed by atoms with E-state index in [2.05, 4.69) is 23.2 Å². The molecule has 0 unspecified atom stereocenters. The molecule has 0 N–H and O–H groups in total. The predicted octanol–water partition coefficient (Wildman–Crippen LogP) is 8.41. The number of hydrogen-bond acceptors (Lipinski definition) is 7. The number of ether oxygens (including phenoxy) is 2. The van der Waals surface area contributed by atoms with Gasteiger partial charge in [-0.25, -0.2) is 4.98 Å². The smallest absolute Gasteiger partial charge is 0.216 e. The molecule has 0 amide bonds. The van der Waals surface area contributed by atoms with Gasteiger partial charge in [0.1, 0.15) is 11.2 Å². The van der Waals surface area contributed by atoms with Crippen LogP contribution in [0.1, 0.15) is 0 Å². The average molecular weight is 718 g/mol. The van der Waals surface area contributed by atoms with Crippen molar-refractivity contribution >= 4 is 49.6 Å². The molecule has 4 aromatic carbocycles. The van der Waals surface area contributed by atoms with E-state index in [0.29, 0.717) is 34.3 Å². The van der Waals surface area contributed by atoms with Gasteiger partial charge in [-0.1, -0.05) is 71.7 Å². The Kier molecular flexibility index (Phi) is 6.17. The third-order valence-corrected chi connectivity index (χ3v) is 6.80. The van der Waals surface area contributed by atoms with E-state index in [1.807, 2.05) is 96.6 Å². The first-order valence-corrected chi connectivity index (χ1v) is 12.7. The van der Waals surface area contributed by atoms with E-state index in [9.17, 15) is 0 Å². The minimum Gasteiger partial charge on any atom is -0.510 e. The Morgan fingerprint density at radius 1 is 0.732 bits per heavy atom. The molecule has 3 aromatic heterocycles. The molecule has 0 bridgehead atoms. The summed E-state index contributed by atoms with van der Waals surface area (Å²) in [5.74, 6) is 1.78. The standard InChI is InChI=1S/C33H20N3O4.Pt/c1-35-14-15-36(20-35)25-16-21(17-28-32(25)23-8-2-4-10-26(23)39-28)37-29-18-22(38-31-12-6-7-13-34-31)19-30-33(29)24-9-3-5-11-27(24)40-30;/h2-15,17,19-20H,1H3;/q-3;. The van der Waals surface area contributed by atoms with Crippen molar-refractivity contribution in [3.63, 3.8) is 0 Å². The zero-order valence-electron chi connectivity index (χ0n) is 21.6. The molecule has 204 valence electrons. The molecule has 0 spiro atoms. The number of nitrogens with zero attached hydrogens (tertiary/aromatic N) is 3. The molecule has 0 radical (unpaired) electrons. The topological polar surface area (TPSA) is 64.1 Å². The van der Waals surface area contributed by atoms with Gasteiger partial charge in [-0.2, -0.15) is 6.67 Å². The van der Waals surface area contributed by atoms with Crippen molar-refractivity contribution in [2.75, 3.05) is 11.9 Å². The average Bonchev–Trinajstić information content (AvgIpc) is 3.67. The fourth-order valence-corrected chi connectivity index (χ4v) is 5.07. The van der Waals surface area contributed by atoms with E-state index in [1.54, 1.807) is 18.3 Å². The predicted molar refractivity (Wildman–Crippen MR) is 153 cm³/mol. The second-order valence-electron chi connectivity index (χ2n) is 9.48. The molecule has 7 nitrogen and oxygen atoms in total. The monoisotopic (exact) mass is 717 g/mol. The molecular formula is C33H20N3O4Pt-3. The van der Waals surface area contributed by atoms with Gasteiger partial charge in [0.25, 0.3) is 0 Å². The summed E-state index contributed by atoms with van der Waals surface area (Å²) >= 11 is 0. The van der Waals surface area contributed by atoms with Crippen LogP contribution in [0.3, 0.4) is 0 Å². The van der Waals surface area contributed by atoms with Crippen molar-refractivity contribution < 1.29 is 39.4 Å². The molecule has 1 aliphatic rings. The van der Waals surface area contributed by atoms with Gasteiger partial charge >= 0.3 is 0 Å². The molecule has 0 aliphatic carbocycles. The molecule has 41 heavy (non-hydrogen) atoms. The number of para-hydroxylation sites is 2. The van der Waals surface area contributed by atoms with Crippen LogP contribution in [0.2, 0.25) is 0 Å². The van der Waals surface area contributed by atoms with E-state index in [-0.39, 0.29) is 21.1 Å². The Hall–Kier alpha value is -4.74. The maximum Gasteiger partial charge on any atom is 0.216 e. The van der Waals surface area contributed by atoms with Gasteiger partial charge < -0.3 is 28.1 Å². The van der Waals surface area contributed by atoms with Gasteiger partial charge in [-0.15, -0.1) is 6.07 Å². The van der Waals surface area contributed by atoms with E-state index in [1.165, 1.54) is 0 Å². The number of fused-ring (bicyclic) bond motifs is 6. The number of pyridine rings is 1. The van der Waals surface area contributed by atoms with Crippen molar-refractivity contribution in [3.8, 4) is 23.1 Å². The van der Waals surface area contributed by atoms with Crippen LogP contribution in [0.25, 0.3) is 43.9 Å². The Morgan fingerprint density at radius 3 is 2.07 bits per heavy atom. The summed E-state index contributed by atoms with van der Waals surface area (Å²) < 4.78 is 25.0. The number of anilines is 1. The summed E-state index contributed by atoms with van der Waals surface area (Å²) in [5, 5.41) is 3.66. The summed E-state index contributed by atoms with van der Waals surface area (Å²) in [4.78, 5) is 8.25. The number of rotatable bonds is 5. The van der Waals surface area contributed by atoms with Crippen molar-refractivity contribution in [1.29, 1.82) is 0 Å². The van der Waals surface area contributed by atoms with Crippen molar-refractivity contribution in [3.05, 3.63) is 116 Å². The SMILES string of the molecule is CN1C=CN(c2[c-]c(Oc3[c-]c(Oc4ccccn4)cc4oc5ccccc5c34)cc3oc4ccccc4c23)[CH-]1.[Pt]. The number of aromatic nitrogens is 1. The molecule has 1 aliphatic heterocycles. The molecule has 4 heterocycles. The number of furan rings is 2. The Morgan fingerprint density at radius 2 is 1.39 bits per heavy atom. The summed E-state index contributed by atoms with van der Waals surface area (Å²) in [6, 6.07) is 31.7. The van der Waals surface area contributed by atoms with E-state index < -0.39 is 0 Å². The van der Waals surface area contributed by atoms with Crippen LogP contribution in [0.15, 0.2) is 106 Å². The Bertz CT molecular complexity index is 2080. The van der Waals surface area contributed by atoms with Crippen LogP contribution in [-0.2, 0) is 21.1 Å². The molecule has 0 fully saturated rings. The van der Waals surface area contributed by atoms with Gasteiger partial charge in [0.05, 0.1) is 0 Å². The minimum atomic E-state index is 0. The third-order valence-electron chi connectivity index (χ3n) is 6.80. The van der Waals surface area contributed by atoms with Crippen LogP contribution in [0.5, 0.6) is 23.1 Å². The first kappa shape index (κ1) is 25.2. The van der Waals surface area contributed by atoms with Crippen molar-refractivity contribution in [2.24, 2.45) is 0 Å². The van der Waals surface area contributed by atoms with Crippen LogP contribution >= 0.6 is 0 Å². The van der Waals surface area contributed by atoms with Gasteiger partial charge in [0, 0.05) is 61.7 Å². The first-order chi connectivity index (χ1) is 19.7. The number of benzene rings is 4. The van der Waals surface area contributed by atoms with E-state index in [0.717, 1.165) is 38.4 Å². The molecule has 0 saturated carbocycles. The second kappa shape index (κ2) is 10.0. The van der Waals surface area contributed by atoms with Gasteiger partial charge in [-0.3, -0.25) is 0 Å². The molecule has 8 rings (SSSR count). The van der Waals surface area contributed by atoms with E-state index >= 15 is 0 Å². The van der Waals surface area contributed by atoms with Gasteiger partial charge in [-0.05, 0) is 53.8 Å². The zero-order valence-corrected chi connectivity index (χ0v) is 23.9. The van der Waals surface area contributed by atoms with Crippen LogP contribution in [0, 0.1) is 18.8 Å². The number of hydrogen-bond donors (Lipinski definition) is 0. The summed E-state index contributed by atoms with van der Waals surface area (Å²) in [5.41, 5.74) is 3.65. The van der Waals surface area contributed by atoms with Crippen LogP contribution < -0.4 is 14.4 Å². The molecule has 7 aromatic rings. The maximum atomic E-state index is 6.56. The van der Waals surface area contributed by atoms with Crippen molar-refractivity contribution in [2.45, 2.75) is 0 Å². The molecule has 0 saturated heterocycles. The zero-order chi connectivity index (χ0) is 26.6. The van der Waals surface area contributed by atoms with Crippen LogP contribution in [-0.4, -0.2) is 16.9 Å². The fourth-order valence-electron chi connectivity index (χ4n) is 5.07. The third kappa shape index (κ3) is 4.39. The minimum absolute atomic E-state index is 0. The maximum absolute atomic E-state index is 6.56. The molecule has 8 heteroatoms. The molecular weight excluding hydrogens is 697 g/mol. The quantitative estimate of drug-likeness (QED) is 0.166. The Labute approximate surface area is 249 Å². The van der Waals surface area contributed by atoms with Crippen molar-refractivity contribution in [1.82, 2.24) is 9.88 Å². The summed E-state index contributed by atoms with van der Waals surface area (Å²) in [6.45, 7) is 1.98.